The average Bonchev–Trinajstić information content (AvgIpc) is 2.94. The lowest BCUT2D eigenvalue weighted by Gasteiger charge is -2.22. The van der Waals surface area contributed by atoms with Crippen molar-refractivity contribution in [2.45, 2.75) is 38.0 Å². The minimum atomic E-state index is -0.292. The third-order valence-electron chi connectivity index (χ3n) is 6.57. The zero-order valence-electron chi connectivity index (χ0n) is 20.9. The fraction of sp³-hybridized carbons (Fsp3) is 0.241. The van der Waals surface area contributed by atoms with Gasteiger partial charge in [0, 0.05) is 21.1 Å². The zero-order chi connectivity index (χ0) is 27.4. The van der Waals surface area contributed by atoms with Crippen molar-refractivity contribution < 1.29 is 9.53 Å². The standard InChI is InChI=1S/C29H25Br2ClN4O3/c30-20-7-12-25-23(15-20)29(38)36(28(35-25)19-4-2-1-3-5-19)33-16-18-6-13-26(24(31)14-18)39-17-27(37)34-22-10-8-21(32)9-11-22/h6-16,19H,1-5,17H2,(H,34,37). The molecule has 10 heteroatoms. The van der Waals surface area contributed by atoms with E-state index in [-0.39, 0.29) is 24.0 Å². The summed E-state index contributed by atoms with van der Waals surface area (Å²) in [6.07, 6.45) is 7.07. The topological polar surface area (TPSA) is 85.6 Å². The van der Waals surface area contributed by atoms with Crippen molar-refractivity contribution >= 4 is 72.2 Å². The first kappa shape index (κ1) is 27.6. The highest BCUT2D eigenvalue weighted by Gasteiger charge is 2.22. The van der Waals surface area contributed by atoms with E-state index < -0.39 is 0 Å². The summed E-state index contributed by atoms with van der Waals surface area (Å²) in [5.41, 5.74) is 1.89. The number of carbonyl (C=O) groups excluding carboxylic acids is 1. The highest BCUT2D eigenvalue weighted by molar-refractivity contribution is 9.10. The number of ether oxygens (including phenoxy) is 1. The summed E-state index contributed by atoms with van der Waals surface area (Å²) in [6, 6.07) is 17.8. The second-order valence-electron chi connectivity index (χ2n) is 9.36. The Labute approximate surface area is 247 Å². The molecule has 5 rings (SSSR count). The predicted molar refractivity (Wildman–Crippen MR) is 162 cm³/mol. The molecule has 0 bridgehead atoms. The molecule has 1 N–H and O–H groups in total. The fourth-order valence-electron chi connectivity index (χ4n) is 4.62. The summed E-state index contributed by atoms with van der Waals surface area (Å²) in [4.78, 5) is 30.6. The van der Waals surface area contributed by atoms with Crippen molar-refractivity contribution in [2.24, 2.45) is 5.10 Å². The van der Waals surface area contributed by atoms with Crippen molar-refractivity contribution in [1.82, 2.24) is 9.66 Å². The van der Waals surface area contributed by atoms with Crippen LogP contribution in [0.5, 0.6) is 5.75 Å². The number of halogens is 3. The molecule has 1 heterocycles. The number of nitrogens with zero attached hydrogens (tertiary/aromatic N) is 3. The monoisotopic (exact) mass is 670 g/mol. The van der Waals surface area contributed by atoms with E-state index in [2.05, 4.69) is 42.3 Å². The van der Waals surface area contributed by atoms with Crippen molar-refractivity contribution in [2.75, 3.05) is 11.9 Å². The van der Waals surface area contributed by atoms with Crippen molar-refractivity contribution in [3.63, 3.8) is 0 Å². The van der Waals surface area contributed by atoms with Gasteiger partial charge in [-0.1, -0.05) is 46.8 Å². The van der Waals surface area contributed by atoms with E-state index in [4.69, 9.17) is 21.3 Å². The predicted octanol–water partition coefficient (Wildman–Crippen LogP) is 7.52. The summed E-state index contributed by atoms with van der Waals surface area (Å²) < 4.78 is 8.61. The number of amides is 1. The molecule has 0 radical (unpaired) electrons. The summed E-state index contributed by atoms with van der Waals surface area (Å²) in [7, 11) is 0. The van der Waals surface area contributed by atoms with Crippen molar-refractivity contribution in [3.8, 4) is 5.75 Å². The Hall–Kier alpha value is -3.01. The second kappa shape index (κ2) is 12.4. The average molecular weight is 673 g/mol. The molecule has 0 aliphatic heterocycles. The number of benzene rings is 3. The lowest BCUT2D eigenvalue weighted by Crippen LogP contribution is -2.25. The number of aromatic nitrogens is 2. The van der Waals surface area contributed by atoms with Crippen molar-refractivity contribution in [1.29, 1.82) is 0 Å². The fourth-order valence-corrected chi connectivity index (χ4v) is 5.61. The molecule has 7 nitrogen and oxygen atoms in total. The smallest absolute Gasteiger partial charge is 0.282 e. The molecular weight excluding hydrogens is 648 g/mol. The molecule has 1 aliphatic carbocycles. The van der Waals surface area contributed by atoms with Crippen LogP contribution in [0.25, 0.3) is 10.9 Å². The molecular formula is C29H25Br2ClN4O3. The summed E-state index contributed by atoms with van der Waals surface area (Å²) in [6.45, 7) is -0.160. The van der Waals surface area contributed by atoms with E-state index in [0.29, 0.717) is 37.7 Å². The zero-order valence-corrected chi connectivity index (χ0v) is 24.8. The van der Waals surface area contributed by atoms with Gasteiger partial charge in [0.25, 0.3) is 11.5 Å². The number of rotatable bonds is 7. The van der Waals surface area contributed by atoms with Gasteiger partial charge in [-0.2, -0.15) is 9.78 Å². The highest BCUT2D eigenvalue weighted by atomic mass is 79.9. The molecule has 1 saturated carbocycles. The Kier molecular flexibility index (Phi) is 8.79. The molecule has 1 aliphatic rings. The van der Waals surface area contributed by atoms with Gasteiger partial charge >= 0.3 is 0 Å². The molecule has 39 heavy (non-hydrogen) atoms. The van der Waals surface area contributed by atoms with Crippen LogP contribution in [0.1, 0.15) is 49.4 Å². The maximum Gasteiger partial charge on any atom is 0.282 e. The molecule has 0 unspecified atom stereocenters. The summed E-state index contributed by atoms with van der Waals surface area (Å²) >= 11 is 12.9. The SMILES string of the molecule is O=C(COc1ccc(C=Nn2c(C3CCCCC3)nc3ccc(Br)cc3c2=O)cc1Br)Nc1ccc(Cl)cc1. The number of fused-ring (bicyclic) bond motifs is 1. The van der Waals surface area contributed by atoms with Crippen LogP contribution in [-0.4, -0.2) is 28.4 Å². The molecule has 3 aromatic carbocycles. The molecule has 4 aromatic rings. The molecule has 0 saturated heterocycles. The third kappa shape index (κ3) is 6.77. The van der Waals surface area contributed by atoms with Gasteiger partial charge in [-0.25, -0.2) is 4.98 Å². The minimum absolute atomic E-state index is 0.160. The quantitative estimate of drug-likeness (QED) is 0.206. The summed E-state index contributed by atoms with van der Waals surface area (Å²) in [5, 5.41) is 8.47. The number of nitrogens with one attached hydrogen (secondary N) is 1. The van der Waals surface area contributed by atoms with E-state index in [9.17, 15) is 9.59 Å². The van der Waals surface area contributed by atoms with Crippen LogP contribution in [0, 0.1) is 0 Å². The Bertz CT molecular complexity index is 1600. The Morgan fingerprint density at radius 2 is 1.85 bits per heavy atom. The van der Waals surface area contributed by atoms with E-state index in [1.807, 2.05) is 24.3 Å². The van der Waals surface area contributed by atoms with Gasteiger partial charge in [0.05, 0.1) is 21.6 Å². The molecule has 0 spiro atoms. The molecule has 1 fully saturated rings. The maximum atomic E-state index is 13.5. The van der Waals surface area contributed by atoms with E-state index in [1.54, 1.807) is 42.6 Å². The highest BCUT2D eigenvalue weighted by Crippen LogP contribution is 2.32. The van der Waals surface area contributed by atoms with Crippen LogP contribution in [0.3, 0.4) is 0 Å². The van der Waals surface area contributed by atoms with Crippen LogP contribution in [0.2, 0.25) is 5.02 Å². The molecule has 0 atom stereocenters. The normalized spacial score (nSPS) is 14.1. The van der Waals surface area contributed by atoms with Crippen LogP contribution >= 0.6 is 43.5 Å². The Morgan fingerprint density at radius 3 is 2.59 bits per heavy atom. The second-order valence-corrected chi connectivity index (χ2v) is 11.6. The maximum absolute atomic E-state index is 13.5. The van der Waals surface area contributed by atoms with Gasteiger partial charge in [0.1, 0.15) is 11.6 Å². The first-order valence-corrected chi connectivity index (χ1v) is 14.6. The van der Waals surface area contributed by atoms with Gasteiger partial charge in [0.15, 0.2) is 6.61 Å². The van der Waals surface area contributed by atoms with Crippen LogP contribution in [0.15, 0.2) is 79.5 Å². The van der Waals surface area contributed by atoms with Gasteiger partial charge < -0.3 is 10.1 Å². The molecule has 200 valence electrons. The first-order chi connectivity index (χ1) is 18.9. The minimum Gasteiger partial charge on any atom is -0.483 e. The van der Waals surface area contributed by atoms with Gasteiger partial charge in [0.2, 0.25) is 0 Å². The van der Waals surface area contributed by atoms with E-state index in [0.717, 1.165) is 35.7 Å². The lowest BCUT2D eigenvalue weighted by atomic mass is 9.88. The lowest BCUT2D eigenvalue weighted by molar-refractivity contribution is -0.118. The third-order valence-corrected chi connectivity index (χ3v) is 7.93. The van der Waals surface area contributed by atoms with Gasteiger partial charge in [-0.05, 0) is 95.0 Å². The van der Waals surface area contributed by atoms with Gasteiger partial charge in [-0.3, -0.25) is 9.59 Å². The largest absolute Gasteiger partial charge is 0.483 e. The first-order valence-electron chi connectivity index (χ1n) is 12.6. The van der Waals surface area contributed by atoms with Crippen LogP contribution in [-0.2, 0) is 4.79 Å². The van der Waals surface area contributed by atoms with E-state index >= 15 is 0 Å². The molecule has 1 aromatic heterocycles. The Balaban J connectivity index is 1.35. The van der Waals surface area contributed by atoms with Crippen LogP contribution in [0.4, 0.5) is 5.69 Å². The number of hydrogen-bond donors (Lipinski definition) is 1. The van der Waals surface area contributed by atoms with Crippen LogP contribution < -0.4 is 15.6 Å². The molecule has 1 amide bonds. The van der Waals surface area contributed by atoms with Gasteiger partial charge in [-0.15, -0.1) is 0 Å². The van der Waals surface area contributed by atoms with E-state index in [1.165, 1.54) is 11.1 Å². The number of anilines is 1. The van der Waals surface area contributed by atoms with Crippen molar-refractivity contribution in [3.05, 3.63) is 96.4 Å². The number of carbonyl (C=O) groups is 1. The summed E-state index contributed by atoms with van der Waals surface area (Å²) in [5.74, 6) is 1.12. The number of hydrogen-bond acceptors (Lipinski definition) is 5. The Morgan fingerprint density at radius 1 is 1.08 bits per heavy atom.